The van der Waals surface area contributed by atoms with Gasteiger partial charge in [0.15, 0.2) is 6.61 Å². The van der Waals surface area contributed by atoms with E-state index in [9.17, 15) is 9.59 Å². The van der Waals surface area contributed by atoms with Crippen molar-refractivity contribution >= 4 is 46.9 Å². The molecule has 0 aliphatic heterocycles. The number of benzene rings is 2. The van der Waals surface area contributed by atoms with Gasteiger partial charge in [-0.05, 0) is 47.7 Å². The van der Waals surface area contributed by atoms with Gasteiger partial charge in [-0.25, -0.2) is 0 Å². The molecule has 0 atom stereocenters. The maximum absolute atomic E-state index is 12.2. The first-order valence-corrected chi connectivity index (χ1v) is 9.27. The molecule has 0 saturated carbocycles. The van der Waals surface area contributed by atoms with Crippen LogP contribution < -0.4 is 15.8 Å². The van der Waals surface area contributed by atoms with Gasteiger partial charge in [0.05, 0.1) is 5.69 Å². The van der Waals surface area contributed by atoms with Crippen LogP contribution >= 0.6 is 23.4 Å². The van der Waals surface area contributed by atoms with Crippen molar-refractivity contribution in [2.75, 3.05) is 17.7 Å². The van der Waals surface area contributed by atoms with Gasteiger partial charge in [0, 0.05) is 16.0 Å². The lowest BCUT2D eigenvalue weighted by molar-refractivity contribution is -0.120. The SMILES string of the molecule is CCSc1ccc(Cl)cc1NC(=O)/C=C/c1ccc(OCC(N)=O)cc1. The molecule has 0 bridgehead atoms. The number of rotatable bonds is 8. The number of primary amides is 1. The second-order valence-corrected chi connectivity index (χ2v) is 6.96. The summed E-state index contributed by atoms with van der Waals surface area (Å²) in [7, 11) is 0. The van der Waals surface area contributed by atoms with Gasteiger partial charge in [-0.1, -0.05) is 30.7 Å². The summed E-state index contributed by atoms with van der Waals surface area (Å²) in [4.78, 5) is 23.8. The zero-order valence-corrected chi connectivity index (χ0v) is 15.8. The molecule has 0 aliphatic rings. The highest BCUT2D eigenvalue weighted by molar-refractivity contribution is 7.99. The maximum Gasteiger partial charge on any atom is 0.255 e. The smallest absolute Gasteiger partial charge is 0.255 e. The fourth-order valence-corrected chi connectivity index (χ4v) is 2.97. The van der Waals surface area contributed by atoms with Crippen LogP contribution in [-0.4, -0.2) is 24.2 Å². The molecular weight excluding hydrogens is 372 g/mol. The number of carbonyl (C=O) groups is 2. The fraction of sp³-hybridized carbons (Fsp3) is 0.158. The lowest BCUT2D eigenvalue weighted by Gasteiger charge is -2.09. The third-order valence-corrected chi connectivity index (χ3v) is 4.38. The third kappa shape index (κ3) is 6.46. The van der Waals surface area contributed by atoms with Crippen molar-refractivity contribution in [3.05, 3.63) is 59.1 Å². The molecule has 0 unspecified atom stereocenters. The molecule has 136 valence electrons. The molecule has 2 rings (SSSR count). The summed E-state index contributed by atoms with van der Waals surface area (Å²) in [5.41, 5.74) is 6.53. The van der Waals surface area contributed by atoms with Crippen LogP contribution in [0.3, 0.4) is 0 Å². The molecule has 7 heteroatoms. The zero-order valence-electron chi connectivity index (χ0n) is 14.2. The molecule has 0 radical (unpaired) electrons. The Hall–Kier alpha value is -2.44. The van der Waals surface area contributed by atoms with E-state index in [4.69, 9.17) is 22.1 Å². The van der Waals surface area contributed by atoms with Crippen molar-refractivity contribution in [1.29, 1.82) is 0 Å². The number of nitrogens with one attached hydrogen (secondary N) is 1. The number of nitrogens with two attached hydrogens (primary N) is 1. The Morgan fingerprint density at radius 1 is 1.23 bits per heavy atom. The van der Waals surface area contributed by atoms with E-state index in [1.807, 2.05) is 13.0 Å². The van der Waals surface area contributed by atoms with Gasteiger partial charge in [-0.15, -0.1) is 11.8 Å². The van der Waals surface area contributed by atoms with Crippen LogP contribution in [0.25, 0.3) is 6.08 Å². The second kappa shape index (κ2) is 9.89. The average molecular weight is 391 g/mol. The molecule has 0 aliphatic carbocycles. The monoisotopic (exact) mass is 390 g/mol. The minimum atomic E-state index is -0.535. The molecule has 5 nitrogen and oxygen atoms in total. The highest BCUT2D eigenvalue weighted by Crippen LogP contribution is 2.29. The van der Waals surface area contributed by atoms with Crippen molar-refractivity contribution in [1.82, 2.24) is 0 Å². The van der Waals surface area contributed by atoms with E-state index in [1.165, 1.54) is 6.08 Å². The number of carbonyl (C=O) groups excluding carboxylic acids is 2. The van der Waals surface area contributed by atoms with Crippen LogP contribution in [0.4, 0.5) is 5.69 Å². The van der Waals surface area contributed by atoms with E-state index in [0.717, 1.165) is 16.2 Å². The molecule has 0 heterocycles. The molecule has 2 aromatic rings. The fourth-order valence-electron chi connectivity index (χ4n) is 2.06. The first kappa shape index (κ1) is 19.9. The molecule has 2 aromatic carbocycles. The third-order valence-electron chi connectivity index (χ3n) is 3.19. The van der Waals surface area contributed by atoms with E-state index < -0.39 is 5.91 Å². The summed E-state index contributed by atoms with van der Waals surface area (Å²) in [5, 5.41) is 3.41. The molecule has 0 saturated heterocycles. The maximum atomic E-state index is 12.2. The highest BCUT2D eigenvalue weighted by atomic mass is 35.5. The number of thioether (sulfide) groups is 1. The first-order chi connectivity index (χ1) is 12.5. The summed E-state index contributed by atoms with van der Waals surface area (Å²) in [6.07, 6.45) is 3.13. The van der Waals surface area contributed by atoms with Gasteiger partial charge in [0.25, 0.3) is 5.91 Å². The summed E-state index contributed by atoms with van der Waals surface area (Å²) >= 11 is 7.65. The minimum Gasteiger partial charge on any atom is -0.484 e. The topological polar surface area (TPSA) is 81.4 Å². The van der Waals surface area contributed by atoms with E-state index in [0.29, 0.717) is 16.5 Å². The number of hydrogen-bond donors (Lipinski definition) is 2. The van der Waals surface area contributed by atoms with E-state index in [-0.39, 0.29) is 12.5 Å². The van der Waals surface area contributed by atoms with Crippen LogP contribution in [0.2, 0.25) is 5.02 Å². The average Bonchev–Trinajstić information content (AvgIpc) is 2.61. The van der Waals surface area contributed by atoms with E-state index in [2.05, 4.69) is 5.32 Å². The van der Waals surface area contributed by atoms with Crippen LogP contribution in [0, 0.1) is 0 Å². The number of hydrogen-bond acceptors (Lipinski definition) is 4. The number of ether oxygens (including phenoxy) is 1. The second-order valence-electron chi connectivity index (χ2n) is 5.22. The van der Waals surface area contributed by atoms with Crippen molar-refractivity contribution in [3.63, 3.8) is 0 Å². The lowest BCUT2D eigenvalue weighted by atomic mass is 10.2. The normalized spacial score (nSPS) is 10.7. The molecule has 3 N–H and O–H groups in total. The van der Waals surface area contributed by atoms with E-state index >= 15 is 0 Å². The van der Waals surface area contributed by atoms with Crippen LogP contribution in [0.1, 0.15) is 12.5 Å². The van der Waals surface area contributed by atoms with Crippen LogP contribution in [0.15, 0.2) is 53.4 Å². The van der Waals surface area contributed by atoms with Gasteiger partial charge >= 0.3 is 0 Å². The molecule has 0 fully saturated rings. The molecule has 0 spiro atoms. The van der Waals surface area contributed by atoms with Crippen molar-refractivity contribution in [2.45, 2.75) is 11.8 Å². The summed E-state index contributed by atoms with van der Waals surface area (Å²) in [5.74, 6) is 0.641. The van der Waals surface area contributed by atoms with E-state index in [1.54, 1.807) is 54.2 Å². The first-order valence-electron chi connectivity index (χ1n) is 7.90. The zero-order chi connectivity index (χ0) is 18.9. The quantitative estimate of drug-likeness (QED) is 0.528. The Morgan fingerprint density at radius 2 is 1.96 bits per heavy atom. The predicted molar refractivity (Wildman–Crippen MR) is 107 cm³/mol. The van der Waals surface area contributed by atoms with Gasteiger partial charge in [-0.3, -0.25) is 9.59 Å². The summed E-state index contributed by atoms with van der Waals surface area (Å²) in [6.45, 7) is 1.87. The van der Waals surface area contributed by atoms with Crippen LogP contribution in [-0.2, 0) is 9.59 Å². The summed E-state index contributed by atoms with van der Waals surface area (Å²) < 4.78 is 5.18. The molecule has 26 heavy (non-hydrogen) atoms. The Morgan fingerprint density at radius 3 is 2.62 bits per heavy atom. The van der Waals surface area contributed by atoms with Crippen molar-refractivity contribution in [3.8, 4) is 5.75 Å². The summed E-state index contributed by atoms with van der Waals surface area (Å²) in [6, 6.07) is 12.4. The number of halogens is 1. The van der Waals surface area contributed by atoms with Crippen molar-refractivity contribution in [2.24, 2.45) is 5.73 Å². The standard InChI is InChI=1S/C19H19ClN2O3S/c1-2-26-17-9-6-14(20)11-16(17)22-19(24)10-5-13-3-7-15(8-4-13)25-12-18(21)23/h3-11H,2,12H2,1H3,(H2,21,23)(H,22,24)/b10-5+. The molecular formula is C19H19ClN2O3S. The Labute approximate surface area is 161 Å². The van der Waals surface area contributed by atoms with Crippen LogP contribution in [0.5, 0.6) is 5.75 Å². The molecule has 2 amide bonds. The number of anilines is 1. The van der Waals surface area contributed by atoms with Crippen molar-refractivity contribution < 1.29 is 14.3 Å². The predicted octanol–water partition coefficient (Wildman–Crippen LogP) is 3.97. The number of amides is 2. The Balaban J connectivity index is 1.99. The highest BCUT2D eigenvalue weighted by Gasteiger charge is 2.06. The Kier molecular flexibility index (Phi) is 7.56. The van der Waals surface area contributed by atoms with Gasteiger partial charge in [0.2, 0.25) is 5.91 Å². The largest absolute Gasteiger partial charge is 0.484 e. The van der Waals surface area contributed by atoms with Gasteiger partial charge in [0.1, 0.15) is 5.75 Å². The van der Waals surface area contributed by atoms with Gasteiger partial charge in [-0.2, -0.15) is 0 Å². The lowest BCUT2D eigenvalue weighted by Crippen LogP contribution is -2.19. The Bertz CT molecular complexity index is 807. The molecule has 0 aromatic heterocycles. The van der Waals surface area contributed by atoms with Gasteiger partial charge < -0.3 is 15.8 Å². The minimum absolute atomic E-state index is 0.171.